The molecule has 9 aromatic rings. The minimum absolute atomic E-state index is 0. The number of aryl methyl sites for hydroxylation is 2. The van der Waals surface area contributed by atoms with E-state index in [-0.39, 0.29) is 54.3 Å². The number of hydrogen-bond donors (Lipinski definition) is 0. The molecule has 0 spiro atoms. The van der Waals surface area contributed by atoms with Gasteiger partial charge >= 0.3 is 0 Å². The van der Waals surface area contributed by atoms with Crippen LogP contribution in [0, 0.1) is 31.8 Å². The van der Waals surface area contributed by atoms with E-state index in [9.17, 15) is 4.39 Å². The molecule has 9 heteroatoms. The van der Waals surface area contributed by atoms with Gasteiger partial charge in [-0.05, 0) is 151 Å². The molecule has 6 heterocycles. The molecule has 79 heavy (non-hydrogen) atoms. The predicted molar refractivity (Wildman–Crippen MR) is 321 cm³/mol. The molecular formula is C70H66BFIrN4O2-2. The van der Waals surface area contributed by atoms with Crippen molar-refractivity contribution >= 4 is 57.2 Å². The molecule has 0 saturated carbocycles. The zero-order chi connectivity index (χ0) is 55.0. The number of pyridine rings is 2. The molecule has 0 saturated heterocycles. The number of halogens is 1. The monoisotopic (exact) mass is 1220 g/mol. The maximum Gasteiger partial charge on any atom is 0.252 e. The zero-order valence-electron chi connectivity index (χ0n) is 47.8. The van der Waals surface area contributed by atoms with Gasteiger partial charge in [0.2, 0.25) is 0 Å². The van der Waals surface area contributed by atoms with Gasteiger partial charge in [-0.3, -0.25) is 4.39 Å². The smallest absolute Gasteiger partial charge is 0.252 e. The molecule has 0 fully saturated rings. The van der Waals surface area contributed by atoms with Crippen molar-refractivity contribution in [3.8, 4) is 56.6 Å². The van der Waals surface area contributed by atoms with Crippen LogP contribution in [0.5, 0.6) is 23.0 Å². The van der Waals surface area contributed by atoms with Gasteiger partial charge in [-0.15, -0.1) is 65.2 Å². The Labute approximate surface area is 480 Å². The molecule has 399 valence electrons. The van der Waals surface area contributed by atoms with Crippen molar-refractivity contribution in [2.24, 2.45) is 0 Å². The number of ether oxygens (including phenoxy) is 2. The summed E-state index contributed by atoms with van der Waals surface area (Å²) < 4.78 is 27.0. The molecule has 0 amide bonds. The minimum Gasteiger partial charge on any atom is -0.453 e. The Balaban J connectivity index is 0.000000357. The summed E-state index contributed by atoms with van der Waals surface area (Å²) in [6.07, 6.45) is 3.67. The van der Waals surface area contributed by atoms with E-state index < -0.39 is 0 Å². The number of anilines is 6. The van der Waals surface area contributed by atoms with Crippen molar-refractivity contribution in [3.05, 3.63) is 197 Å². The molecule has 1 radical (unpaired) electrons. The van der Waals surface area contributed by atoms with Gasteiger partial charge in [-0.2, -0.15) is 0 Å². The molecule has 7 aromatic carbocycles. The summed E-state index contributed by atoms with van der Waals surface area (Å²) in [5.74, 6) is 3.25. The zero-order valence-corrected chi connectivity index (χ0v) is 50.1. The van der Waals surface area contributed by atoms with Crippen LogP contribution in [-0.4, -0.2) is 16.7 Å². The third kappa shape index (κ3) is 9.47. The quantitative estimate of drug-likeness (QED) is 0.130. The van der Waals surface area contributed by atoms with Crippen LogP contribution in [0.15, 0.2) is 146 Å². The van der Waals surface area contributed by atoms with E-state index in [1.54, 1.807) is 6.07 Å². The van der Waals surface area contributed by atoms with E-state index in [4.69, 9.17) is 14.5 Å². The van der Waals surface area contributed by atoms with Crippen LogP contribution in [0.25, 0.3) is 33.6 Å². The number of rotatable bonds is 3. The van der Waals surface area contributed by atoms with E-state index in [2.05, 4.69) is 201 Å². The Hall–Kier alpha value is -7.32. The number of nitrogens with zero attached hydrogens (tertiary/aromatic N) is 4. The van der Waals surface area contributed by atoms with Gasteiger partial charge in [-0.1, -0.05) is 131 Å². The van der Waals surface area contributed by atoms with E-state index in [0.29, 0.717) is 0 Å². The Morgan fingerprint density at radius 3 is 1.51 bits per heavy atom. The largest absolute Gasteiger partial charge is 0.453 e. The summed E-state index contributed by atoms with van der Waals surface area (Å²) in [5.41, 5.74) is 23.0. The fourth-order valence-corrected chi connectivity index (χ4v) is 11.3. The second-order valence-electron chi connectivity index (χ2n) is 25.7. The van der Waals surface area contributed by atoms with Crippen molar-refractivity contribution < 1.29 is 34.0 Å². The van der Waals surface area contributed by atoms with Crippen LogP contribution in [0.1, 0.15) is 116 Å². The van der Waals surface area contributed by atoms with Crippen molar-refractivity contribution in [2.45, 2.75) is 119 Å². The van der Waals surface area contributed by atoms with Gasteiger partial charge in [0.1, 0.15) is 0 Å². The molecule has 4 aliphatic heterocycles. The normalized spacial score (nSPS) is 13.5. The predicted octanol–water partition coefficient (Wildman–Crippen LogP) is 17.0. The molecule has 13 rings (SSSR count). The minimum atomic E-state index is -0.275. The van der Waals surface area contributed by atoms with Crippen molar-refractivity contribution in [1.29, 1.82) is 0 Å². The van der Waals surface area contributed by atoms with Crippen LogP contribution in [-0.2, 0) is 41.8 Å². The average Bonchev–Trinajstić information content (AvgIpc) is 2.32. The molecule has 2 aromatic heterocycles. The molecular weight excluding hydrogens is 1150 g/mol. The molecule has 0 aliphatic carbocycles. The number of hydrogen-bond acceptors (Lipinski definition) is 6. The van der Waals surface area contributed by atoms with Gasteiger partial charge in [0.05, 0.1) is 22.7 Å². The van der Waals surface area contributed by atoms with Crippen LogP contribution >= 0.6 is 0 Å². The van der Waals surface area contributed by atoms with Crippen molar-refractivity contribution in [1.82, 2.24) is 9.97 Å². The molecule has 0 atom stereocenters. The molecule has 0 N–H and O–H groups in total. The second-order valence-corrected chi connectivity index (χ2v) is 25.7. The Kier molecular flexibility index (Phi) is 13.0. The van der Waals surface area contributed by atoms with Gasteiger partial charge in [-0.25, -0.2) is 0 Å². The van der Waals surface area contributed by atoms with E-state index in [1.165, 1.54) is 56.3 Å². The van der Waals surface area contributed by atoms with Crippen LogP contribution in [0.4, 0.5) is 38.5 Å². The van der Waals surface area contributed by atoms with Gasteiger partial charge in [0.15, 0.2) is 23.0 Å². The Morgan fingerprint density at radius 2 is 1.03 bits per heavy atom. The number of benzene rings is 7. The summed E-state index contributed by atoms with van der Waals surface area (Å²) in [6.45, 7) is 31.4. The van der Waals surface area contributed by atoms with Gasteiger partial charge < -0.3 is 29.2 Å². The van der Waals surface area contributed by atoms with Crippen molar-refractivity contribution in [2.75, 3.05) is 9.80 Å². The summed E-state index contributed by atoms with van der Waals surface area (Å²) in [6, 6.07) is 53.3. The first kappa shape index (κ1) is 53.7. The first-order valence-corrected chi connectivity index (χ1v) is 27.2. The van der Waals surface area contributed by atoms with Crippen molar-refractivity contribution in [3.63, 3.8) is 0 Å². The fourth-order valence-electron chi connectivity index (χ4n) is 11.3. The second kappa shape index (κ2) is 19.2. The van der Waals surface area contributed by atoms with E-state index in [0.717, 1.165) is 96.3 Å². The maximum absolute atomic E-state index is 12.7. The molecule has 4 aliphatic rings. The van der Waals surface area contributed by atoms with Crippen LogP contribution in [0.2, 0.25) is 0 Å². The van der Waals surface area contributed by atoms with E-state index in [1.807, 2.05) is 50.5 Å². The third-order valence-corrected chi connectivity index (χ3v) is 16.0. The van der Waals surface area contributed by atoms with E-state index >= 15 is 0 Å². The van der Waals surface area contributed by atoms with Gasteiger partial charge in [0, 0.05) is 49.7 Å². The number of aromatic nitrogens is 2. The fraction of sp³-hybridized carbons (Fsp3) is 0.257. The standard InChI is InChI=1S/C57H55BN3O2.C13H11FN.Ir/c1-54(2,3)36-19-21-43-47(29-36)62-49-31-38(56(7,8)9)27-40-52(49)60(43)45-25-35(33-16-15-17-34(24-33)42-18-13-14-23-59-42)26-46-51(45)58(40)41-28-39(57(10,11)12)32-50-53(41)61(46)44-22-20-37(55(4,5)6)30-48(44)63-50;1-9-7-13(15-8-10(9)2)11-3-5-12(14)6-4-11;/h13-16,18-32H,1-12H3;3,5-8H,1-2H3;/q2*-1;. The molecule has 0 bridgehead atoms. The first-order valence-electron chi connectivity index (χ1n) is 27.2. The molecule has 0 unspecified atom stereocenters. The summed E-state index contributed by atoms with van der Waals surface area (Å²) >= 11 is 0. The topological polar surface area (TPSA) is 50.7 Å². The third-order valence-electron chi connectivity index (χ3n) is 16.0. The first-order chi connectivity index (χ1) is 36.9. The maximum atomic E-state index is 12.7. The average molecular weight is 1220 g/mol. The summed E-state index contributed by atoms with van der Waals surface area (Å²) in [4.78, 5) is 14.0. The SMILES string of the molecule is CC(C)(C)c1ccc2c(c1)Oc1cc(C(C)(C)C)cc3c1N2c1cc(-c2cc[c-]c(-c4ccccn4)c2)cc2c1B3c1cc(C(C)(C)C)cc3c1N2c1ccc(C(C)(C)C)cc1O3.Cc1cnc(-c2[c-]cc(F)cc2)cc1C.[Ir]. The summed E-state index contributed by atoms with van der Waals surface area (Å²) in [5, 5.41) is 0. The number of fused-ring (bicyclic) bond motifs is 8. The Morgan fingerprint density at radius 1 is 0.481 bits per heavy atom. The molecule has 6 nitrogen and oxygen atoms in total. The summed E-state index contributed by atoms with van der Waals surface area (Å²) in [7, 11) is 0. The Bertz CT molecular complexity index is 3740. The van der Waals surface area contributed by atoms with Gasteiger partial charge in [0.25, 0.3) is 6.71 Å². The van der Waals surface area contributed by atoms with Crippen LogP contribution in [0.3, 0.4) is 0 Å². The van der Waals surface area contributed by atoms with Crippen LogP contribution < -0.4 is 35.7 Å².